The first kappa shape index (κ1) is 10.5. The summed E-state index contributed by atoms with van der Waals surface area (Å²) in [5.41, 5.74) is -0.398. The molecule has 1 rings (SSSR count). The van der Waals surface area contributed by atoms with Gasteiger partial charge in [-0.15, -0.1) is 0 Å². The normalized spacial score (nSPS) is 22.1. The zero-order valence-corrected chi connectivity index (χ0v) is 8.80. The second-order valence-corrected chi connectivity index (χ2v) is 4.19. The molecule has 1 N–H and O–H groups in total. The zero-order chi connectivity index (χ0) is 9.90. The molecule has 0 heterocycles. The summed E-state index contributed by atoms with van der Waals surface area (Å²) in [6.07, 6.45) is 3.93. The lowest BCUT2D eigenvalue weighted by atomic mass is 9.90. The maximum absolute atomic E-state index is 8.97. The number of nitrogens with one attached hydrogen (secondary N) is 1. The summed E-state index contributed by atoms with van der Waals surface area (Å²) in [7, 11) is 3.95. The van der Waals surface area contributed by atoms with Crippen LogP contribution in [0.4, 0.5) is 0 Å². The molecular formula is C10H19N3. The number of likely N-dealkylation sites (N-methyl/N-ethyl adjacent to an activating group) is 2. The Morgan fingerprint density at radius 2 is 2.23 bits per heavy atom. The second-order valence-electron chi connectivity index (χ2n) is 4.19. The summed E-state index contributed by atoms with van der Waals surface area (Å²) in [5.74, 6) is 0. The molecule has 1 aliphatic rings. The van der Waals surface area contributed by atoms with Crippen molar-refractivity contribution in [2.75, 3.05) is 20.6 Å². The third-order valence-electron chi connectivity index (χ3n) is 3.06. The van der Waals surface area contributed by atoms with Crippen LogP contribution < -0.4 is 5.32 Å². The van der Waals surface area contributed by atoms with Crippen LogP contribution in [0.1, 0.15) is 26.2 Å². The zero-order valence-electron chi connectivity index (χ0n) is 8.80. The van der Waals surface area contributed by atoms with Crippen LogP contribution in [0.25, 0.3) is 0 Å². The lowest BCUT2D eigenvalue weighted by molar-refractivity contribution is 0.136. The van der Waals surface area contributed by atoms with Gasteiger partial charge in [0, 0.05) is 12.6 Å². The van der Waals surface area contributed by atoms with E-state index in [1.807, 2.05) is 14.0 Å². The summed E-state index contributed by atoms with van der Waals surface area (Å²) in [6.45, 7) is 2.76. The van der Waals surface area contributed by atoms with Crippen LogP contribution in [-0.2, 0) is 0 Å². The van der Waals surface area contributed by atoms with Gasteiger partial charge >= 0.3 is 0 Å². The van der Waals surface area contributed by atoms with Gasteiger partial charge in [0.25, 0.3) is 0 Å². The molecule has 1 aliphatic carbocycles. The molecule has 1 saturated carbocycles. The van der Waals surface area contributed by atoms with Gasteiger partial charge in [0.2, 0.25) is 0 Å². The molecule has 0 aromatic heterocycles. The Morgan fingerprint density at radius 3 is 2.54 bits per heavy atom. The van der Waals surface area contributed by atoms with Gasteiger partial charge in [-0.3, -0.25) is 0 Å². The topological polar surface area (TPSA) is 39.1 Å². The molecule has 0 spiro atoms. The van der Waals surface area contributed by atoms with Crippen molar-refractivity contribution in [3.8, 4) is 6.07 Å². The van der Waals surface area contributed by atoms with Crippen LogP contribution in [-0.4, -0.2) is 37.1 Å². The van der Waals surface area contributed by atoms with Crippen LogP contribution in [0, 0.1) is 11.3 Å². The minimum absolute atomic E-state index is 0.398. The van der Waals surface area contributed by atoms with Gasteiger partial charge in [-0.2, -0.15) is 5.26 Å². The van der Waals surface area contributed by atoms with E-state index in [4.69, 9.17) is 5.26 Å². The fraction of sp³-hybridized carbons (Fsp3) is 0.900. The molecule has 0 radical (unpaired) electrons. The van der Waals surface area contributed by atoms with Crippen molar-refractivity contribution >= 4 is 0 Å². The lowest BCUT2D eigenvalue weighted by Gasteiger charge is -2.38. The Bertz CT molecular complexity index is 205. The summed E-state index contributed by atoms with van der Waals surface area (Å²) in [4.78, 5) is 2.29. The Kier molecular flexibility index (Phi) is 3.29. The molecule has 0 aromatic rings. The molecule has 13 heavy (non-hydrogen) atoms. The van der Waals surface area contributed by atoms with Crippen molar-refractivity contribution in [3.05, 3.63) is 0 Å². The first-order chi connectivity index (χ1) is 6.11. The van der Waals surface area contributed by atoms with Crippen molar-refractivity contribution in [2.24, 2.45) is 0 Å². The van der Waals surface area contributed by atoms with Gasteiger partial charge in [-0.25, -0.2) is 0 Å². The number of nitriles is 1. The van der Waals surface area contributed by atoms with Crippen LogP contribution in [0.2, 0.25) is 0 Å². The quantitative estimate of drug-likeness (QED) is 0.702. The Labute approximate surface area is 80.7 Å². The lowest BCUT2D eigenvalue weighted by Crippen LogP contribution is -2.51. The minimum atomic E-state index is -0.398. The molecule has 0 bridgehead atoms. The SMILES string of the molecule is CNC(C)(C#N)CN(C)C1CCC1. The maximum atomic E-state index is 8.97. The highest BCUT2D eigenvalue weighted by Gasteiger charge is 2.29. The van der Waals surface area contributed by atoms with E-state index in [0.717, 1.165) is 6.54 Å². The van der Waals surface area contributed by atoms with E-state index < -0.39 is 5.54 Å². The van der Waals surface area contributed by atoms with Crippen molar-refractivity contribution in [3.63, 3.8) is 0 Å². The van der Waals surface area contributed by atoms with Gasteiger partial charge in [-0.05, 0) is 33.9 Å². The molecule has 1 atom stereocenters. The van der Waals surface area contributed by atoms with Crippen LogP contribution >= 0.6 is 0 Å². The van der Waals surface area contributed by atoms with Crippen LogP contribution in [0.5, 0.6) is 0 Å². The molecular weight excluding hydrogens is 162 g/mol. The molecule has 0 aromatic carbocycles. The average molecular weight is 181 g/mol. The fourth-order valence-electron chi connectivity index (χ4n) is 1.63. The maximum Gasteiger partial charge on any atom is 0.116 e. The van der Waals surface area contributed by atoms with Gasteiger partial charge < -0.3 is 10.2 Å². The molecule has 1 fully saturated rings. The molecule has 0 aliphatic heterocycles. The first-order valence-corrected chi connectivity index (χ1v) is 4.92. The number of hydrogen-bond donors (Lipinski definition) is 1. The standard InChI is InChI=1S/C10H19N3/c1-10(7-11,12-2)8-13(3)9-5-4-6-9/h9,12H,4-6,8H2,1-3H3. The summed E-state index contributed by atoms with van der Waals surface area (Å²) in [5, 5.41) is 12.0. The number of rotatable bonds is 4. The van der Waals surface area contributed by atoms with Crippen molar-refractivity contribution in [2.45, 2.75) is 37.8 Å². The molecule has 74 valence electrons. The monoisotopic (exact) mass is 181 g/mol. The fourth-order valence-corrected chi connectivity index (χ4v) is 1.63. The van der Waals surface area contributed by atoms with Gasteiger partial charge in [0.05, 0.1) is 6.07 Å². The minimum Gasteiger partial charge on any atom is -0.302 e. The smallest absolute Gasteiger partial charge is 0.116 e. The van der Waals surface area contributed by atoms with Crippen molar-refractivity contribution < 1.29 is 0 Å². The first-order valence-electron chi connectivity index (χ1n) is 4.92. The van der Waals surface area contributed by atoms with E-state index in [0.29, 0.717) is 6.04 Å². The Balaban J connectivity index is 2.41. The summed E-state index contributed by atoms with van der Waals surface area (Å²) in [6, 6.07) is 3.02. The summed E-state index contributed by atoms with van der Waals surface area (Å²) >= 11 is 0. The number of nitrogens with zero attached hydrogens (tertiary/aromatic N) is 2. The second kappa shape index (κ2) is 4.08. The van der Waals surface area contributed by atoms with Gasteiger partial charge in [0.1, 0.15) is 5.54 Å². The highest BCUT2D eigenvalue weighted by molar-refractivity contribution is 5.05. The Hall–Kier alpha value is -0.590. The van der Waals surface area contributed by atoms with E-state index in [-0.39, 0.29) is 0 Å². The third kappa shape index (κ3) is 2.43. The molecule has 1 unspecified atom stereocenters. The highest BCUT2D eigenvalue weighted by Crippen LogP contribution is 2.24. The molecule has 0 saturated heterocycles. The summed E-state index contributed by atoms with van der Waals surface area (Å²) < 4.78 is 0. The van der Waals surface area contributed by atoms with Crippen molar-refractivity contribution in [1.29, 1.82) is 5.26 Å². The van der Waals surface area contributed by atoms with E-state index >= 15 is 0 Å². The number of hydrogen-bond acceptors (Lipinski definition) is 3. The van der Waals surface area contributed by atoms with Gasteiger partial charge in [0.15, 0.2) is 0 Å². The van der Waals surface area contributed by atoms with E-state index in [2.05, 4.69) is 23.3 Å². The van der Waals surface area contributed by atoms with Crippen LogP contribution in [0.15, 0.2) is 0 Å². The van der Waals surface area contributed by atoms with Crippen LogP contribution in [0.3, 0.4) is 0 Å². The highest BCUT2D eigenvalue weighted by atomic mass is 15.2. The van der Waals surface area contributed by atoms with E-state index in [1.165, 1.54) is 19.3 Å². The van der Waals surface area contributed by atoms with Gasteiger partial charge in [-0.1, -0.05) is 6.42 Å². The molecule has 0 amide bonds. The molecule has 3 heteroatoms. The average Bonchev–Trinajstić information content (AvgIpc) is 2.01. The molecule has 3 nitrogen and oxygen atoms in total. The Morgan fingerprint density at radius 1 is 1.62 bits per heavy atom. The van der Waals surface area contributed by atoms with E-state index in [1.54, 1.807) is 0 Å². The third-order valence-corrected chi connectivity index (χ3v) is 3.06. The largest absolute Gasteiger partial charge is 0.302 e. The van der Waals surface area contributed by atoms with Crippen molar-refractivity contribution in [1.82, 2.24) is 10.2 Å². The predicted molar refractivity (Wildman–Crippen MR) is 53.3 cm³/mol. The predicted octanol–water partition coefficient (Wildman–Crippen LogP) is 0.972. The van der Waals surface area contributed by atoms with E-state index in [9.17, 15) is 0 Å².